The van der Waals surface area contributed by atoms with Crippen molar-refractivity contribution in [1.29, 1.82) is 0 Å². The van der Waals surface area contributed by atoms with E-state index in [9.17, 15) is 18.0 Å². The van der Waals surface area contributed by atoms with E-state index in [1.807, 2.05) is 31.2 Å². The van der Waals surface area contributed by atoms with Gasteiger partial charge in [0.25, 0.3) is 5.91 Å². The summed E-state index contributed by atoms with van der Waals surface area (Å²) in [6.07, 6.45) is -4.46. The average molecular weight is 496 g/mol. The van der Waals surface area contributed by atoms with Gasteiger partial charge in [-0.05, 0) is 61.0 Å². The van der Waals surface area contributed by atoms with E-state index >= 15 is 0 Å². The monoisotopic (exact) mass is 496 g/mol. The number of carbonyl (C=O) groups excluding carboxylic acids is 1. The van der Waals surface area contributed by atoms with Gasteiger partial charge >= 0.3 is 12.2 Å². The van der Waals surface area contributed by atoms with Crippen molar-refractivity contribution in [3.8, 4) is 23.1 Å². The largest absolute Gasteiger partial charge is 0.460 e. The Bertz CT molecular complexity index is 1330. The number of anilines is 1. The van der Waals surface area contributed by atoms with Crippen molar-refractivity contribution < 1.29 is 27.4 Å². The molecule has 4 rings (SSSR count). The number of aryl methyl sites for hydroxylation is 1. The van der Waals surface area contributed by atoms with E-state index < -0.39 is 17.6 Å². The van der Waals surface area contributed by atoms with Gasteiger partial charge in [-0.3, -0.25) is 4.79 Å². The first-order valence-corrected chi connectivity index (χ1v) is 11.0. The van der Waals surface area contributed by atoms with E-state index in [2.05, 4.69) is 15.4 Å². The van der Waals surface area contributed by atoms with Crippen molar-refractivity contribution in [1.82, 2.24) is 14.8 Å². The Morgan fingerprint density at radius 1 is 0.972 bits per heavy atom. The van der Waals surface area contributed by atoms with Crippen molar-refractivity contribution in [2.24, 2.45) is 0 Å². The summed E-state index contributed by atoms with van der Waals surface area (Å²) >= 11 is 0. The first-order valence-electron chi connectivity index (χ1n) is 11.0. The molecule has 1 N–H and O–H groups in total. The molecule has 0 unspecified atom stereocenters. The highest BCUT2D eigenvalue weighted by molar-refractivity contribution is 6.04. The third-order valence-corrected chi connectivity index (χ3v) is 5.34. The van der Waals surface area contributed by atoms with Gasteiger partial charge < -0.3 is 14.8 Å². The van der Waals surface area contributed by atoms with Gasteiger partial charge in [-0.25, -0.2) is 4.68 Å². The van der Waals surface area contributed by atoms with Crippen LogP contribution in [0, 0.1) is 6.92 Å². The van der Waals surface area contributed by atoms with Gasteiger partial charge in [0.05, 0.1) is 17.9 Å². The number of hydrogen-bond acceptors (Lipinski definition) is 5. The van der Waals surface area contributed by atoms with Crippen LogP contribution in [-0.4, -0.2) is 41.0 Å². The van der Waals surface area contributed by atoms with Gasteiger partial charge in [0.2, 0.25) is 0 Å². The topological polar surface area (TPSA) is 78.3 Å². The lowest BCUT2D eigenvalue weighted by Crippen LogP contribution is -2.13. The molecule has 10 heteroatoms. The summed E-state index contributed by atoms with van der Waals surface area (Å²) < 4.78 is 50.5. The molecule has 4 aromatic rings. The predicted molar refractivity (Wildman–Crippen MR) is 128 cm³/mol. The molecule has 0 aliphatic heterocycles. The van der Waals surface area contributed by atoms with Crippen molar-refractivity contribution in [3.05, 3.63) is 89.5 Å². The van der Waals surface area contributed by atoms with Crippen LogP contribution in [0.2, 0.25) is 0 Å². The highest BCUT2D eigenvalue weighted by atomic mass is 19.4. The summed E-state index contributed by atoms with van der Waals surface area (Å²) in [7, 11) is 1.58. The zero-order valence-corrected chi connectivity index (χ0v) is 19.5. The average Bonchev–Trinajstić information content (AvgIpc) is 3.28. The first-order chi connectivity index (χ1) is 17.3. The van der Waals surface area contributed by atoms with Gasteiger partial charge in [0, 0.05) is 23.9 Å². The number of methoxy groups -OCH3 is 1. The fraction of sp³-hybridized carbons (Fsp3) is 0.192. The molecular weight excluding hydrogens is 473 g/mol. The molecule has 1 aromatic heterocycles. The predicted octanol–water partition coefficient (Wildman–Crippen LogP) is 5.54. The molecule has 0 aliphatic carbocycles. The van der Waals surface area contributed by atoms with E-state index in [1.165, 1.54) is 0 Å². The van der Waals surface area contributed by atoms with Crippen molar-refractivity contribution in [2.45, 2.75) is 13.1 Å². The molecule has 7 nitrogen and oxygen atoms in total. The molecular formula is C26H23F3N4O3. The summed E-state index contributed by atoms with van der Waals surface area (Å²) in [6.45, 7) is 2.66. The fourth-order valence-corrected chi connectivity index (χ4v) is 3.45. The zero-order chi connectivity index (χ0) is 25.7. The van der Waals surface area contributed by atoms with Crippen LogP contribution in [0.5, 0.6) is 6.01 Å². The number of aromatic nitrogens is 3. The Hall–Kier alpha value is -4.18. The maximum atomic E-state index is 12.8. The number of nitrogens with zero attached hydrogens (tertiary/aromatic N) is 3. The molecule has 1 amide bonds. The normalized spacial score (nSPS) is 11.4. The van der Waals surface area contributed by atoms with E-state index in [0.29, 0.717) is 30.4 Å². The van der Waals surface area contributed by atoms with Gasteiger partial charge in [-0.1, -0.05) is 24.3 Å². The quantitative estimate of drug-likeness (QED) is 0.324. The van der Waals surface area contributed by atoms with Gasteiger partial charge in [0.15, 0.2) is 5.82 Å². The number of ether oxygens (including phenoxy) is 2. The molecule has 3 aromatic carbocycles. The number of amides is 1. The van der Waals surface area contributed by atoms with E-state index in [1.54, 1.807) is 36.1 Å². The molecule has 186 valence electrons. The second kappa shape index (κ2) is 10.6. The standard InChI is InChI=1S/C26H23F3N4O3/c1-17-5-3-4-6-22(17)23-31-25(36-16-15-35-2)32-33(23)21-13-11-20(12-14-21)30-24(34)18-7-9-19(10-8-18)26(27,28)29/h3-14H,15-16H2,1-2H3,(H,30,34). The molecule has 0 fully saturated rings. The number of benzene rings is 3. The van der Waals surface area contributed by atoms with Crippen molar-refractivity contribution >= 4 is 11.6 Å². The number of alkyl halides is 3. The van der Waals surface area contributed by atoms with Crippen LogP contribution >= 0.6 is 0 Å². The van der Waals surface area contributed by atoms with Crippen LogP contribution in [0.15, 0.2) is 72.8 Å². The molecule has 0 saturated carbocycles. The van der Waals surface area contributed by atoms with Crippen molar-refractivity contribution in [2.75, 3.05) is 25.6 Å². The maximum Gasteiger partial charge on any atom is 0.416 e. The number of rotatable bonds is 8. The van der Waals surface area contributed by atoms with E-state index in [4.69, 9.17) is 9.47 Å². The van der Waals surface area contributed by atoms with Gasteiger partial charge in [-0.15, -0.1) is 5.10 Å². The summed E-state index contributed by atoms with van der Waals surface area (Å²) in [5.74, 6) is 0.0636. The SMILES string of the molecule is COCCOc1nc(-c2ccccc2C)n(-c2ccc(NC(=O)c3ccc(C(F)(F)F)cc3)cc2)n1. The van der Waals surface area contributed by atoms with Crippen LogP contribution < -0.4 is 10.1 Å². The smallest absolute Gasteiger partial charge is 0.416 e. The first kappa shape index (κ1) is 24.9. The summed E-state index contributed by atoms with van der Waals surface area (Å²) in [5, 5.41) is 7.17. The Morgan fingerprint density at radius 2 is 1.67 bits per heavy atom. The Balaban J connectivity index is 1.56. The second-order valence-corrected chi connectivity index (χ2v) is 7.86. The van der Waals surface area contributed by atoms with Crippen molar-refractivity contribution in [3.63, 3.8) is 0 Å². The molecule has 36 heavy (non-hydrogen) atoms. The van der Waals surface area contributed by atoms with Crippen LogP contribution in [-0.2, 0) is 10.9 Å². The maximum absolute atomic E-state index is 12.8. The number of halogens is 3. The molecule has 1 heterocycles. The van der Waals surface area contributed by atoms with E-state index in [-0.39, 0.29) is 11.6 Å². The third kappa shape index (κ3) is 5.72. The molecule has 0 aliphatic rings. The molecule has 0 radical (unpaired) electrons. The third-order valence-electron chi connectivity index (χ3n) is 5.34. The van der Waals surface area contributed by atoms with Crippen LogP contribution in [0.25, 0.3) is 17.1 Å². The lowest BCUT2D eigenvalue weighted by Gasteiger charge is -2.10. The molecule has 0 bridgehead atoms. The number of carbonyl (C=O) groups is 1. The van der Waals surface area contributed by atoms with Crippen LogP contribution in [0.1, 0.15) is 21.5 Å². The lowest BCUT2D eigenvalue weighted by atomic mass is 10.1. The Labute approximate surface area is 205 Å². The minimum Gasteiger partial charge on any atom is -0.460 e. The minimum absolute atomic E-state index is 0.114. The molecule has 0 saturated heterocycles. The number of hydrogen-bond donors (Lipinski definition) is 1. The summed E-state index contributed by atoms with van der Waals surface area (Å²) in [5.41, 5.74) is 2.34. The highest BCUT2D eigenvalue weighted by Crippen LogP contribution is 2.29. The Morgan fingerprint density at radius 3 is 2.31 bits per heavy atom. The number of nitrogens with one attached hydrogen (secondary N) is 1. The van der Waals surface area contributed by atoms with Crippen LogP contribution in [0.3, 0.4) is 0 Å². The van der Waals surface area contributed by atoms with E-state index in [0.717, 1.165) is 35.4 Å². The second-order valence-electron chi connectivity index (χ2n) is 7.86. The Kier molecular flexibility index (Phi) is 7.35. The minimum atomic E-state index is -4.46. The fourth-order valence-electron chi connectivity index (χ4n) is 3.45. The van der Waals surface area contributed by atoms with Gasteiger partial charge in [-0.2, -0.15) is 18.2 Å². The zero-order valence-electron chi connectivity index (χ0n) is 19.5. The van der Waals surface area contributed by atoms with Gasteiger partial charge in [0.1, 0.15) is 6.61 Å². The summed E-state index contributed by atoms with van der Waals surface area (Å²) in [6, 6.07) is 18.8. The molecule has 0 atom stereocenters. The molecule has 0 spiro atoms. The highest BCUT2D eigenvalue weighted by Gasteiger charge is 2.30. The lowest BCUT2D eigenvalue weighted by molar-refractivity contribution is -0.137. The summed E-state index contributed by atoms with van der Waals surface area (Å²) in [4.78, 5) is 17.0. The van der Waals surface area contributed by atoms with Crippen LogP contribution in [0.4, 0.5) is 18.9 Å².